The van der Waals surface area contributed by atoms with Crippen LogP contribution in [0.2, 0.25) is 0 Å². The lowest BCUT2D eigenvalue weighted by Gasteiger charge is -2.30. The molecule has 1 aliphatic carbocycles. The normalized spacial score (nSPS) is 13.9. The summed E-state index contributed by atoms with van der Waals surface area (Å²) in [5.41, 5.74) is 5.48. The molecule has 1 aliphatic rings. The smallest absolute Gasteiger partial charge is 0.0780 e. The maximum absolute atomic E-state index is 5.03. The van der Waals surface area contributed by atoms with E-state index in [1.807, 2.05) is 0 Å². The number of rotatable bonds is 7. The summed E-state index contributed by atoms with van der Waals surface area (Å²) >= 11 is 0. The molecule has 0 unspecified atom stereocenters. The van der Waals surface area contributed by atoms with Crippen molar-refractivity contribution in [1.82, 2.24) is 0 Å². The van der Waals surface area contributed by atoms with Gasteiger partial charge in [-0.15, -0.1) is 6.54 Å². The molecule has 0 bridgehead atoms. The van der Waals surface area contributed by atoms with Crippen molar-refractivity contribution in [2.45, 2.75) is 25.3 Å². The van der Waals surface area contributed by atoms with E-state index in [2.05, 4.69) is 69.7 Å². The van der Waals surface area contributed by atoms with Gasteiger partial charge >= 0.3 is 0 Å². The quantitative estimate of drug-likeness (QED) is 0.504. The zero-order valence-corrected chi connectivity index (χ0v) is 14.6. The Balaban J connectivity index is 1.58. The van der Waals surface area contributed by atoms with Gasteiger partial charge in [0, 0.05) is 0 Å². The molecule has 122 valence electrons. The molecule has 2 nitrogen and oxygen atoms in total. The van der Waals surface area contributed by atoms with Crippen molar-refractivity contribution < 1.29 is 4.48 Å². The summed E-state index contributed by atoms with van der Waals surface area (Å²) in [6, 6.07) is 17.7. The van der Waals surface area contributed by atoms with Crippen molar-refractivity contribution in [2.75, 3.05) is 34.2 Å². The minimum atomic E-state index is 0.237. The van der Waals surface area contributed by atoms with E-state index in [-0.39, 0.29) is 6.04 Å². The fourth-order valence-corrected chi connectivity index (χ4v) is 3.42. The lowest BCUT2D eigenvalue weighted by atomic mass is 10.1. The van der Waals surface area contributed by atoms with Crippen LogP contribution in [0.4, 0.5) is 0 Å². The summed E-state index contributed by atoms with van der Waals surface area (Å²) in [6.45, 7) is 2.21. The average Bonchev–Trinajstić information content (AvgIpc) is 2.84. The lowest BCUT2D eigenvalue weighted by molar-refractivity contribution is -0.870. The molecule has 23 heavy (non-hydrogen) atoms. The highest BCUT2D eigenvalue weighted by Crippen LogP contribution is 2.46. The van der Waals surface area contributed by atoms with E-state index >= 15 is 0 Å². The van der Waals surface area contributed by atoms with Gasteiger partial charge in [0.25, 0.3) is 0 Å². The van der Waals surface area contributed by atoms with Crippen molar-refractivity contribution in [1.29, 1.82) is 0 Å². The van der Waals surface area contributed by atoms with Gasteiger partial charge in [-0.05, 0) is 24.0 Å². The highest BCUT2D eigenvalue weighted by atomic mass is 15.3. The van der Waals surface area contributed by atoms with Crippen molar-refractivity contribution in [2.24, 2.45) is 0 Å². The Kier molecular flexibility index (Phi) is 4.84. The Bertz CT molecular complexity index is 609. The van der Waals surface area contributed by atoms with Gasteiger partial charge in [0.2, 0.25) is 0 Å². The molecule has 0 saturated heterocycles. The Morgan fingerprint density at radius 2 is 1.35 bits per heavy atom. The molecular weight excluding hydrogens is 280 g/mol. The van der Waals surface area contributed by atoms with Gasteiger partial charge in [-0.1, -0.05) is 72.1 Å². The fraction of sp³-hybridized carbons (Fsp3) is 0.429. The van der Waals surface area contributed by atoms with E-state index in [9.17, 15) is 0 Å². The summed E-state index contributed by atoms with van der Waals surface area (Å²) in [7, 11) is 6.78. The minimum absolute atomic E-state index is 0.237. The summed E-state index contributed by atoms with van der Waals surface area (Å²) in [4.78, 5) is 0. The van der Waals surface area contributed by atoms with E-state index in [4.69, 9.17) is 5.32 Å². The Hall–Kier alpha value is -1.64. The monoisotopic (exact) mass is 308 g/mol. The summed E-state index contributed by atoms with van der Waals surface area (Å²) < 4.78 is 1.06. The number of hydrogen-bond donors (Lipinski definition) is 0. The fourth-order valence-electron chi connectivity index (χ4n) is 3.42. The predicted octanol–water partition coefficient (Wildman–Crippen LogP) is 5.01. The van der Waals surface area contributed by atoms with Crippen LogP contribution in [0.1, 0.15) is 36.4 Å². The van der Waals surface area contributed by atoms with E-state index in [0.717, 1.165) is 11.0 Å². The molecule has 0 N–H and O–H groups in total. The first-order chi connectivity index (χ1) is 11.1. The summed E-state index contributed by atoms with van der Waals surface area (Å²) in [5.74, 6) is 0. The van der Waals surface area contributed by atoms with Crippen LogP contribution in [-0.2, 0) is 0 Å². The van der Waals surface area contributed by atoms with Gasteiger partial charge in [-0.3, -0.25) is 0 Å². The topological polar surface area (TPSA) is 14.1 Å². The molecule has 0 atom stereocenters. The predicted molar refractivity (Wildman–Crippen MR) is 98.7 cm³/mol. The van der Waals surface area contributed by atoms with Crippen LogP contribution in [0.5, 0.6) is 0 Å². The molecule has 0 spiro atoms. The largest absolute Gasteiger partial charge is 0.652 e. The van der Waals surface area contributed by atoms with Crippen LogP contribution in [-0.4, -0.2) is 38.7 Å². The number of benzene rings is 2. The second-order valence-corrected chi connectivity index (χ2v) is 7.56. The molecule has 0 fully saturated rings. The molecule has 3 rings (SSSR count). The number of fused-ring (bicyclic) bond motifs is 3. The Morgan fingerprint density at radius 1 is 0.783 bits per heavy atom. The maximum atomic E-state index is 5.03. The van der Waals surface area contributed by atoms with Crippen molar-refractivity contribution in [3.8, 4) is 11.1 Å². The molecule has 2 heteroatoms. The first kappa shape index (κ1) is 16.2. The van der Waals surface area contributed by atoms with Gasteiger partial charge in [0.1, 0.15) is 0 Å². The third-order valence-corrected chi connectivity index (χ3v) is 4.60. The number of unbranched alkanes of at least 4 members (excludes halogenated alkanes) is 2. The van der Waals surface area contributed by atoms with E-state index in [0.29, 0.717) is 0 Å². The van der Waals surface area contributed by atoms with Crippen LogP contribution in [0.25, 0.3) is 16.4 Å². The molecule has 0 heterocycles. The number of quaternary nitrogens is 1. The molecule has 0 aliphatic heterocycles. The molecule has 0 radical (unpaired) electrons. The van der Waals surface area contributed by atoms with Gasteiger partial charge < -0.3 is 9.80 Å². The van der Waals surface area contributed by atoms with Crippen LogP contribution in [0.3, 0.4) is 0 Å². The third-order valence-electron chi connectivity index (χ3n) is 4.60. The molecule has 2 aromatic carbocycles. The average molecular weight is 308 g/mol. The number of nitrogens with zero attached hydrogens (tertiary/aromatic N) is 2. The molecule has 0 aromatic heterocycles. The van der Waals surface area contributed by atoms with Crippen LogP contribution in [0, 0.1) is 0 Å². The summed E-state index contributed by atoms with van der Waals surface area (Å²) in [6.07, 6.45) is 3.76. The van der Waals surface area contributed by atoms with Crippen molar-refractivity contribution in [3.63, 3.8) is 0 Å². The molecule has 0 amide bonds. The SMILES string of the molecule is C[N+](C)(C)CCCCC[N-]C1c2ccccc2-c2ccccc21. The first-order valence-electron chi connectivity index (χ1n) is 8.71. The highest BCUT2D eigenvalue weighted by molar-refractivity contribution is 5.79. The van der Waals surface area contributed by atoms with Gasteiger partial charge in [-0.2, -0.15) is 0 Å². The Labute approximate surface area is 140 Å². The highest BCUT2D eigenvalue weighted by Gasteiger charge is 2.21. The second-order valence-electron chi connectivity index (χ2n) is 7.56. The minimum Gasteiger partial charge on any atom is -0.652 e. The van der Waals surface area contributed by atoms with Gasteiger partial charge in [0.15, 0.2) is 0 Å². The van der Waals surface area contributed by atoms with E-state index < -0.39 is 0 Å². The molecular formula is C21H28N2. The first-order valence-corrected chi connectivity index (χ1v) is 8.71. The number of hydrogen-bond acceptors (Lipinski definition) is 0. The zero-order valence-electron chi connectivity index (χ0n) is 14.6. The summed E-state index contributed by atoms with van der Waals surface area (Å²) in [5, 5.41) is 5.03. The van der Waals surface area contributed by atoms with Crippen LogP contribution >= 0.6 is 0 Å². The van der Waals surface area contributed by atoms with Crippen molar-refractivity contribution in [3.05, 3.63) is 65.0 Å². The van der Waals surface area contributed by atoms with Crippen LogP contribution in [0.15, 0.2) is 48.5 Å². The Morgan fingerprint density at radius 3 is 1.91 bits per heavy atom. The maximum Gasteiger partial charge on any atom is 0.0780 e. The zero-order chi connectivity index (χ0) is 16.3. The molecule has 2 aromatic rings. The van der Waals surface area contributed by atoms with Crippen molar-refractivity contribution >= 4 is 0 Å². The standard InChI is InChI=1S/C21H28N2/c1-23(2,3)16-10-4-9-15-22-21-19-13-7-5-11-17(19)18-12-6-8-14-20(18)21/h5-8,11-14,21H,4,9-10,15-16H2,1-3H3. The van der Waals surface area contributed by atoms with Gasteiger partial charge in [-0.25, -0.2) is 0 Å². The van der Waals surface area contributed by atoms with Crippen LogP contribution < -0.4 is 0 Å². The molecule has 0 saturated carbocycles. The third kappa shape index (κ3) is 3.82. The second kappa shape index (κ2) is 6.86. The lowest BCUT2D eigenvalue weighted by Crippen LogP contribution is -2.35. The van der Waals surface area contributed by atoms with Gasteiger partial charge in [0.05, 0.1) is 27.7 Å². The van der Waals surface area contributed by atoms with E-state index in [1.165, 1.54) is 48.1 Å². The van der Waals surface area contributed by atoms with E-state index in [1.54, 1.807) is 0 Å².